The van der Waals surface area contributed by atoms with Crippen molar-refractivity contribution in [1.82, 2.24) is 5.32 Å². The molecule has 0 aromatic carbocycles. The summed E-state index contributed by atoms with van der Waals surface area (Å²) in [6, 6.07) is 0.724. The zero-order valence-electron chi connectivity index (χ0n) is 9.17. The smallest absolute Gasteiger partial charge is 0.0434 e. The lowest BCUT2D eigenvalue weighted by molar-refractivity contribution is 0.248. The van der Waals surface area contributed by atoms with Crippen molar-refractivity contribution in [1.29, 1.82) is 0 Å². The lowest BCUT2D eigenvalue weighted by Gasteiger charge is -2.25. The summed E-state index contributed by atoms with van der Waals surface area (Å²) >= 11 is 2.06. The monoisotopic (exact) mass is 217 g/mol. The van der Waals surface area contributed by atoms with Crippen molar-refractivity contribution in [2.75, 3.05) is 24.7 Å². The number of hydrogen-bond donors (Lipinski definition) is 2. The van der Waals surface area contributed by atoms with Gasteiger partial charge in [0.15, 0.2) is 0 Å². The maximum absolute atomic E-state index is 8.87. The van der Waals surface area contributed by atoms with Crippen LogP contribution in [0.15, 0.2) is 0 Å². The summed E-state index contributed by atoms with van der Waals surface area (Å²) < 4.78 is 0. The average Bonchev–Trinajstić information content (AvgIpc) is 2.25. The molecule has 0 spiro atoms. The molecule has 2 N–H and O–H groups in total. The molecule has 1 saturated heterocycles. The van der Waals surface area contributed by atoms with Crippen LogP contribution in [0.3, 0.4) is 0 Å². The topological polar surface area (TPSA) is 32.3 Å². The van der Waals surface area contributed by atoms with Crippen LogP contribution in [0, 0.1) is 5.92 Å². The Hall–Kier alpha value is 0.270. The van der Waals surface area contributed by atoms with Crippen LogP contribution < -0.4 is 5.32 Å². The molecule has 1 fully saturated rings. The van der Waals surface area contributed by atoms with E-state index in [0.717, 1.165) is 19.0 Å². The van der Waals surface area contributed by atoms with E-state index in [4.69, 9.17) is 5.11 Å². The molecule has 0 amide bonds. The first-order valence-electron chi connectivity index (χ1n) is 5.78. The van der Waals surface area contributed by atoms with Crippen molar-refractivity contribution in [2.45, 2.75) is 38.6 Å². The van der Waals surface area contributed by atoms with E-state index >= 15 is 0 Å². The standard InChI is InChI=1S/C11H23NOS/c1-2-10(5-6-13)8-12-11-4-3-7-14-9-11/h10-13H,2-9H2,1H3. The van der Waals surface area contributed by atoms with E-state index in [9.17, 15) is 0 Å². The van der Waals surface area contributed by atoms with Crippen LogP contribution in [0.2, 0.25) is 0 Å². The number of aliphatic hydroxyl groups is 1. The highest BCUT2D eigenvalue weighted by molar-refractivity contribution is 7.99. The Bertz CT molecular complexity index is 132. The molecule has 1 aliphatic rings. The lowest BCUT2D eigenvalue weighted by Crippen LogP contribution is -2.37. The summed E-state index contributed by atoms with van der Waals surface area (Å²) in [7, 11) is 0. The highest BCUT2D eigenvalue weighted by Gasteiger charge is 2.14. The summed E-state index contributed by atoms with van der Waals surface area (Å²) in [6.07, 6.45) is 4.82. The third-order valence-corrected chi connectivity index (χ3v) is 4.19. The molecule has 0 aromatic heterocycles. The Morgan fingerprint density at radius 1 is 1.57 bits per heavy atom. The molecular weight excluding hydrogens is 194 g/mol. The van der Waals surface area contributed by atoms with Crippen LogP contribution in [0.4, 0.5) is 0 Å². The maximum Gasteiger partial charge on any atom is 0.0434 e. The maximum atomic E-state index is 8.87. The molecular formula is C11H23NOS. The Morgan fingerprint density at radius 3 is 3.00 bits per heavy atom. The predicted molar refractivity (Wildman–Crippen MR) is 63.8 cm³/mol. The summed E-state index contributed by atoms with van der Waals surface area (Å²) in [4.78, 5) is 0. The zero-order valence-corrected chi connectivity index (χ0v) is 9.98. The van der Waals surface area contributed by atoms with Gasteiger partial charge in [-0.2, -0.15) is 11.8 Å². The van der Waals surface area contributed by atoms with Gasteiger partial charge in [-0.3, -0.25) is 0 Å². The second-order valence-electron chi connectivity index (χ2n) is 4.11. The zero-order chi connectivity index (χ0) is 10.2. The molecule has 2 atom stereocenters. The van der Waals surface area contributed by atoms with Crippen molar-refractivity contribution >= 4 is 11.8 Å². The minimum Gasteiger partial charge on any atom is -0.396 e. The van der Waals surface area contributed by atoms with Gasteiger partial charge in [0, 0.05) is 18.4 Å². The third kappa shape index (κ3) is 4.67. The van der Waals surface area contributed by atoms with Gasteiger partial charge in [-0.05, 0) is 37.5 Å². The fourth-order valence-corrected chi connectivity index (χ4v) is 2.97. The molecule has 0 bridgehead atoms. The summed E-state index contributed by atoms with van der Waals surface area (Å²) in [5.41, 5.74) is 0. The van der Waals surface area contributed by atoms with Crippen molar-refractivity contribution in [3.05, 3.63) is 0 Å². The minimum absolute atomic E-state index is 0.333. The summed E-state index contributed by atoms with van der Waals surface area (Å²) in [5.74, 6) is 3.27. The second-order valence-corrected chi connectivity index (χ2v) is 5.26. The van der Waals surface area contributed by atoms with Crippen molar-refractivity contribution in [3.8, 4) is 0 Å². The highest BCUT2D eigenvalue weighted by atomic mass is 32.2. The molecule has 1 aliphatic heterocycles. The van der Waals surface area contributed by atoms with Crippen molar-refractivity contribution in [3.63, 3.8) is 0 Å². The molecule has 84 valence electrons. The average molecular weight is 217 g/mol. The SMILES string of the molecule is CCC(CCO)CNC1CCCSC1. The molecule has 0 aliphatic carbocycles. The number of nitrogens with one attached hydrogen (secondary N) is 1. The fraction of sp³-hybridized carbons (Fsp3) is 1.00. The first kappa shape index (κ1) is 12.3. The Morgan fingerprint density at radius 2 is 2.43 bits per heavy atom. The van der Waals surface area contributed by atoms with Crippen LogP contribution in [0.25, 0.3) is 0 Å². The Labute approximate surface area is 91.9 Å². The Kier molecular flexibility index (Phi) is 6.65. The van der Waals surface area contributed by atoms with E-state index < -0.39 is 0 Å². The second kappa shape index (κ2) is 7.55. The van der Waals surface area contributed by atoms with Gasteiger partial charge in [0.1, 0.15) is 0 Å². The van der Waals surface area contributed by atoms with Crippen molar-refractivity contribution in [2.24, 2.45) is 5.92 Å². The van der Waals surface area contributed by atoms with Gasteiger partial charge < -0.3 is 10.4 Å². The van der Waals surface area contributed by atoms with Gasteiger partial charge in [0.25, 0.3) is 0 Å². The van der Waals surface area contributed by atoms with Gasteiger partial charge in [0.2, 0.25) is 0 Å². The van der Waals surface area contributed by atoms with E-state index in [-0.39, 0.29) is 0 Å². The van der Waals surface area contributed by atoms with E-state index in [0.29, 0.717) is 12.5 Å². The van der Waals surface area contributed by atoms with E-state index in [1.165, 1.54) is 30.8 Å². The van der Waals surface area contributed by atoms with Gasteiger partial charge in [0.05, 0.1) is 0 Å². The van der Waals surface area contributed by atoms with Gasteiger partial charge in [-0.25, -0.2) is 0 Å². The largest absolute Gasteiger partial charge is 0.396 e. The number of thioether (sulfide) groups is 1. The normalized spacial score (nSPS) is 24.9. The van der Waals surface area contributed by atoms with Crippen molar-refractivity contribution < 1.29 is 5.11 Å². The van der Waals surface area contributed by atoms with Crippen LogP contribution in [-0.2, 0) is 0 Å². The third-order valence-electron chi connectivity index (χ3n) is 2.97. The molecule has 2 unspecified atom stereocenters. The fourth-order valence-electron chi connectivity index (χ4n) is 1.87. The first-order chi connectivity index (χ1) is 6.86. The molecule has 0 radical (unpaired) electrons. The molecule has 3 heteroatoms. The van der Waals surface area contributed by atoms with Gasteiger partial charge >= 0.3 is 0 Å². The van der Waals surface area contributed by atoms with Crippen LogP contribution >= 0.6 is 11.8 Å². The number of aliphatic hydroxyl groups excluding tert-OH is 1. The van der Waals surface area contributed by atoms with Gasteiger partial charge in [-0.15, -0.1) is 0 Å². The molecule has 1 rings (SSSR count). The molecule has 14 heavy (non-hydrogen) atoms. The lowest BCUT2D eigenvalue weighted by atomic mass is 10.0. The molecule has 1 heterocycles. The van der Waals surface area contributed by atoms with Crippen LogP contribution in [0.5, 0.6) is 0 Å². The molecule has 0 aromatic rings. The molecule has 2 nitrogen and oxygen atoms in total. The van der Waals surface area contributed by atoms with E-state index in [1.807, 2.05) is 0 Å². The van der Waals surface area contributed by atoms with E-state index in [2.05, 4.69) is 24.0 Å². The van der Waals surface area contributed by atoms with Crippen LogP contribution in [0.1, 0.15) is 32.6 Å². The van der Waals surface area contributed by atoms with E-state index in [1.54, 1.807) is 0 Å². The molecule has 0 saturated carbocycles. The summed E-state index contributed by atoms with van der Waals surface area (Å²) in [6.45, 7) is 3.62. The first-order valence-corrected chi connectivity index (χ1v) is 6.94. The van der Waals surface area contributed by atoms with Gasteiger partial charge in [-0.1, -0.05) is 13.3 Å². The number of hydrogen-bond acceptors (Lipinski definition) is 3. The van der Waals surface area contributed by atoms with Crippen LogP contribution in [-0.4, -0.2) is 35.8 Å². The number of rotatable bonds is 6. The highest BCUT2D eigenvalue weighted by Crippen LogP contribution is 2.17. The summed E-state index contributed by atoms with van der Waals surface area (Å²) in [5, 5.41) is 12.5. The Balaban J connectivity index is 2.10. The quantitative estimate of drug-likeness (QED) is 0.712. The predicted octanol–water partition coefficient (Wildman–Crippen LogP) is 1.88. The minimum atomic E-state index is 0.333.